The molecule has 0 spiro atoms. The minimum absolute atomic E-state index is 0.697. The van der Waals surface area contributed by atoms with Crippen molar-refractivity contribution in [2.75, 3.05) is 31.1 Å². The Morgan fingerprint density at radius 2 is 2.42 bits per heavy atom. The van der Waals surface area contributed by atoms with Crippen LogP contribution in [0.1, 0.15) is 13.8 Å². The van der Waals surface area contributed by atoms with Crippen LogP contribution in [0.25, 0.3) is 0 Å². The van der Waals surface area contributed by atoms with Gasteiger partial charge in [-0.3, -0.25) is 0 Å². The Bertz CT molecular complexity index is 111. The van der Waals surface area contributed by atoms with Gasteiger partial charge in [0, 0.05) is 30.6 Å². The third-order valence-corrected chi connectivity index (χ3v) is 3.07. The highest BCUT2D eigenvalue weighted by Gasteiger charge is 2.11. The van der Waals surface area contributed by atoms with Crippen molar-refractivity contribution in [2.45, 2.75) is 19.9 Å². The summed E-state index contributed by atoms with van der Waals surface area (Å²) in [6.45, 7) is 7.94. The molecule has 0 aliphatic carbocycles. The quantitative estimate of drug-likeness (QED) is 0.686. The number of nitrogens with one attached hydrogen (secondary N) is 2. The van der Waals surface area contributed by atoms with Crippen LogP contribution in [-0.2, 0) is 0 Å². The molecule has 1 unspecified atom stereocenters. The first-order valence-electron chi connectivity index (χ1n) is 4.81. The zero-order valence-corrected chi connectivity index (χ0v) is 8.91. The van der Waals surface area contributed by atoms with Gasteiger partial charge >= 0.3 is 0 Å². The van der Waals surface area contributed by atoms with Crippen LogP contribution in [-0.4, -0.2) is 37.2 Å². The molecular formula is C9H20N2S. The van der Waals surface area contributed by atoms with Gasteiger partial charge in [0.15, 0.2) is 0 Å². The second-order valence-electron chi connectivity index (χ2n) is 3.78. The van der Waals surface area contributed by atoms with Gasteiger partial charge in [0.2, 0.25) is 0 Å². The molecule has 3 heteroatoms. The molecule has 0 amide bonds. The zero-order chi connectivity index (χ0) is 8.81. The third kappa shape index (κ3) is 4.33. The molecule has 0 aromatic heterocycles. The maximum atomic E-state index is 3.51. The van der Waals surface area contributed by atoms with E-state index in [0.717, 1.165) is 19.0 Å². The van der Waals surface area contributed by atoms with Crippen LogP contribution in [0.2, 0.25) is 0 Å². The van der Waals surface area contributed by atoms with E-state index in [1.165, 1.54) is 18.1 Å². The first-order chi connectivity index (χ1) is 5.79. The minimum Gasteiger partial charge on any atom is -0.315 e. The lowest BCUT2D eigenvalue weighted by molar-refractivity contribution is 0.480. The topological polar surface area (TPSA) is 24.1 Å². The summed E-state index contributed by atoms with van der Waals surface area (Å²) in [6, 6.07) is 0.697. The molecule has 1 saturated heterocycles. The number of rotatable bonds is 4. The fraction of sp³-hybridized carbons (Fsp3) is 1.00. The molecule has 12 heavy (non-hydrogen) atoms. The van der Waals surface area contributed by atoms with Crippen LogP contribution in [0, 0.1) is 5.92 Å². The summed E-state index contributed by atoms with van der Waals surface area (Å²) in [5.41, 5.74) is 0. The Balaban J connectivity index is 1.98. The molecule has 0 aromatic rings. The molecule has 0 aromatic carbocycles. The molecule has 1 aliphatic heterocycles. The maximum Gasteiger partial charge on any atom is 0.0283 e. The van der Waals surface area contributed by atoms with Crippen LogP contribution in [0.3, 0.4) is 0 Å². The lowest BCUT2D eigenvalue weighted by Gasteiger charge is -2.23. The first-order valence-corrected chi connectivity index (χ1v) is 5.96. The third-order valence-electron chi connectivity index (χ3n) is 1.94. The molecule has 0 saturated carbocycles. The number of hydrogen-bond acceptors (Lipinski definition) is 3. The van der Waals surface area contributed by atoms with Crippen LogP contribution in [0.15, 0.2) is 0 Å². The fourth-order valence-electron chi connectivity index (χ4n) is 1.30. The van der Waals surface area contributed by atoms with Gasteiger partial charge in [-0.2, -0.15) is 11.8 Å². The summed E-state index contributed by atoms with van der Waals surface area (Å²) in [5.74, 6) is 3.31. The average molecular weight is 188 g/mol. The molecular weight excluding hydrogens is 168 g/mol. The minimum atomic E-state index is 0.697. The molecule has 2 nitrogen and oxygen atoms in total. The van der Waals surface area contributed by atoms with Gasteiger partial charge < -0.3 is 10.6 Å². The fourth-order valence-corrected chi connectivity index (χ4v) is 2.25. The second-order valence-corrected chi connectivity index (χ2v) is 4.93. The van der Waals surface area contributed by atoms with Crippen molar-refractivity contribution in [3.05, 3.63) is 0 Å². The van der Waals surface area contributed by atoms with Gasteiger partial charge in [0.1, 0.15) is 0 Å². The van der Waals surface area contributed by atoms with Crippen molar-refractivity contribution >= 4 is 11.8 Å². The van der Waals surface area contributed by atoms with Crippen molar-refractivity contribution in [1.82, 2.24) is 10.6 Å². The van der Waals surface area contributed by atoms with Crippen molar-refractivity contribution in [2.24, 2.45) is 5.92 Å². The van der Waals surface area contributed by atoms with E-state index in [0.29, 0.717) is 6.04 Å². The SMILES string of the molecule is CC(C)CNCC1CSCCN1. The summed E-state index contributed by atoms with van der Waals surface area (Å²) in [5, 5.41) is 6.99. The van der Waals surface area contributed by atoms with Gasteiger partial charge in [-0.15, -0.1) is 0 Å². The first kappa shape index (κ1) is 10.4. The Morgan fingerprint density at radius 1 is 1.58 bits per heavy atom. The predicted octanol–water partition coefficient (Wildman–Crippen LogP) is 0.937. The van der Waals surface area contributed by atoms with Gasteiger partial charge in [-0.25, -0.2) is 0 Å². The zero-order valence-electron chi connectivity index (χ0n) is 8.10. The summed E-state index contributed by atoms with van der Waals surface area (Å²) < 4.78 is 0. The van der Waals surface area contributed by atoms with E-state index in [2.05, 4.69) is 36.2 Å². The van der Waals surface area contributed by atoms with Crippen molar-refractivity contribution in [3.63, 3.8) is 0 Å². The van der Waals surface area contributed by atoms with Crippen LogP contribution in [0.4, 0.5) is 0 Å². The Kier molecular flexibility index (Phi) is 5.04. The number of hydrogen-bond donors (Lipinski definition) is 2. The van der Waals surface area contributed by atoms with E-state index >= 15 is 0 Å². The molecule has 1 heterocycles. The van der Waals surface area contributed by atoms with Crippen LogP contribution < -0.4 is 10.6 Å². The lowest BCUT2D eigenvalue weighted by Crippen LogP contribution is -2.45. The lowest BCUT2D eigenvalue weighted by atomic mass is 10.2. The Morgan fingerprint density at radius 3 is 3.00 bits per heavy atom. The standard InChI is InChI=1S/C9H20N2S/c1-8(2)5-10-6-9-7-12-4-3-11-9/h8-11H,3-7H2,1-2H3. The van der Waals surface area contributed by atoms with Crippen molar-refractivity contribution in [3.8, 4) is 0 Å². The highest BCUT2D eigenvalue weighted by atomic mass is 32.2. The maximum absolute atomic E-state index is 3.51. The highest BCUT2D eigenvalue weighted by Crippen LogP contribution is 2.06. The molecule has 1 rings (SSSR count). The molecule has 1 fully saturated rings. The monoisotopic (exact) mass is 188 g/mol. The molecule has 72 valence electrons. The summed E-state index contributed by atoms with van der Waals surface area (Å²) in [4.78, 5) is 0. The summed E-state index contributed by atoms with van der Waals surface area (Å²) in [6.07, 6.45) is 0. The van der Waals surface area contributed by atoms with Gasteiger partial charge in [0.25, 0.3) is 0 Å². The average Bonchev–Trinajstić information content (AvgIpc) is 2.05. The normalized spacial score (nSPS) is 24.8. The number of thioether (sulfide) groups is 1. The summed E-state index contributed by atoms with van der Waals surface area (Å²) >= 11 is 2.06. The van der Waals surface area contributed by atoms with Crippen molar-refractivity contribution in [1.29, 1.82) is 0 Å². The second kappa shape index (κ2) is 5.84. The van der Waals surface area contributed by atoms with E-state index in [-0.39, 0.29) is 0 Å². The van der Waals surface area contributed by atoms with Gasteiger partial charge in [-0.1, -0.05) is 13.8 Å². The van der Waals surface area contributed by atoms with Crippen molar-refractivity contribution < 1.29 is 0 Å². The predicted molar refractivity (Wildman–Crippen MR) is 56.8 cm³/mol. The highest BCUT2D eigenvalue weighted by molar-refractivity contribution is 7.99. The van der Waals surface area contributed by atoms with Gasteiger partial charge in [0.05, 0.1) is 0 Å². The smallest absolute Gasteiger partial charge is 0.0283 e. The molecule has 0 bridgehead atoms. The van der Waals surface area contributed by atoms with E-state index in [4.69, 9.17) is 0 Å². The summed E-state index contributed by atoms with van der Waals surface area (Å²) in [7, 11) is 0. The Hall–Kier alpha value is 0.270. The largest absolute Gasteiger partial charge is 0.315 e. The molecule has 0 radical (unpaired) electrons. The van der Waals surface area contributed by atoms with Gasteiger partial charge in [-0.05, 0) is 12.5 Å². The van der Waals surface area contributed by atoms with Crippen LogP contribution >= 0.6 is 11.8 Å². The van der Waals surface area contributed by atoms with Crippen LogP contribution in [0.5, 0.6) is 0 Å². The molecule has 1 aliphatic rings. The Labute approximate surface area is 79.9 Å². The van der Waals surface area contributed by atoms with E-state index < -0.39 is 0 Å². The van der Waals surface area contributed by atoms with E-state index in [9.17, 15) is 0 Å². The molecule has 2 N–H and O–H groups in total. The molecule has 1 atom stereocenters. The van der Waals surface area contributed by atoms with E-state index in [1.807, 2.05) is 0 Å². The van der Waals surface area contributed by atoms with E-state index in [1.54, 1.807) is 0 Å².